The van der Waals surface area contributed by atoms with E-state index in [2.05, 4.69) is 21.4 Å². The Morgan fingerprint density at radius 2 is 2.13 bits per heavy atom. The third-order valence-electron chi connectivity index (χ3n) is 4.77. The summed E-state index contributed by atoms with van der Waals surface area (Å²) in [6, 6.07) is 4.23. The Bertz CT molecular complexity index is 673. The molecule has 2 aromatic rings. The summed E-state index contributed by atoms with van der Waals surface area (Å²) in [5.74, 6) is 0. The maximum atomic E-state index is 6.55. The van der Waals surface area contributed by atoms with Gasteiger partial charge < -0.3 is 15.0 Å². The van der Waals surface area contributed by atoms with Gasteiger partial charge in [-0.05, 0) is 44.4 Å². The van der Waals surface area contributed by atoms with Crippen LogP contribution >= 0.6 is 11.6 Å². The first kappa shape index (κ1) is 15.2. The first-order valence-corrected chi connectivity index (χ1v) is 8.95. The molecule has 124 valence electrons. The number of fused-ring (bicyclic) bond motifs is 1. The quantitative estimate of drug-likeness (QED) is 0.916. The minimum Gasteiger partial charge on any atom is -0.369 e. The summed E-state index contributed by atoms with van der Waals surface area (Å²) in [5.41, 5.74) is 2.23. The molecule has 0 spiro atoms. The second-order valence-electron chi connectivity index (χ2n) is 6.36. The zero-order valence-corrected chi connectivity index (χ0v) is 14.1. The molecule has 0 amide bonds. The van der Waals surface area contributed by atoms with Gasteiger partial charge >= 0.3 is 0 Å². The van der Waals surface area contributed by atoms with Crippen LogP contribution in [0.5, 0.6) is 0 Å². The molecule has 2 fully saturated rings. The van der Waals surface area contributed by atoms with E-state index in [1.807, 2.05) is 16.9 Å². The van der Waals surface area contributed by atoms with Crippen LogP contribution in [0.1, 0.15) is 31.9 Å². The number of rotatable bonds is 2. The summed E-state index contributed by atoms with van der Waals surface area (Å²) in [7, 11) is 0. The van der Waals surface area contributed by atoms with Gasteiger partial charge in [0, 0.05) is 31.6 Å². The molecule has 0 saturated carbocycles. The molecule has 1 atom stereocenters. The van der Waals surface area contributed by atoms with E-state index in [1.165, 1.54) is 6.42 Å². The molecule has 5 nitrogen and oxygen atoms in total. The van der Waals surface area contributed by atoms with Crippen LogP contribution < -0.4 is 10.2 Å². The Kier molecular flexibility index (Phi) is 4.42. The molecule has 1 N–H and O–H groups in total. The van der Waals surface area contributed by atoms with Gasteiger partial charge in [0.05, 0.1) is 22.4 Å². The topological polar surface area (TPSA) is 42.3 Å². The van der Waals surface area contributed by atoms with Crippen LogP contribution in [0.15, 0.2) is 18.3 Å². The van der Waals surface area contributed by atoms with E-state index >= 15 is 0 Å². The number of nitrogens with zero attached hydrogens (tertiary/aromatic N) is 3. The molecular weight excluding hydrogens is 312 g/mol. The third-order valence-corrected chi connectivity index (χ3v) is 5.08. The van der Waals surface area contributed by atoms with E-state index in [0.717, 1.165) is 73.7 Å². The van der Waals surface area contributed by atoms with Gasteiger partial charge in [0.1, 0.15) is 0 Å². The highest BCUT2D eigenvalue weighted by atomic mass is 35.5. The molecule has 23 heavy (non-hydrogen) atoms. The summed E-state index contributed by atoms with van der Waals surface area (Å²) in [5, 5.41) is 9.90. The Morgan fingerprint density at radius 3 is 3.00 bits per heavy atom. The standard InChI is InChI=1S/C17H23ClN4O/c18-14-10-13-12-20-22(17-4-1-2-9-23-17)15(13)11-16(14)21-7-3-5-19-6-8-21/h10-12,17,19H,1-9H2. The fourth-order valence-electron chi connectivity index (χ4n) is 3.53. The van der Waals surface area contributed by atoms with Gasteiger partial charge in [-0.1, -0.05) is 11.6 Å². The summed E-state index contributed by atoms with van der Waals surface area (Å²) in [6.45, 7) is 4.92. The lowest BCUT2D eigenvalue weighted by atomic mass is 10.1. The van der Waals surface area contributed by atoms with E-state index in [-0.39, 0.29) is 6.23 Å². The van der Waals surface area contributed by atoms with Gasteiger partial charge in [-0.3, -0.25) is 0 Å². The Morgan fingerprint density at radius 1 is 1.17 bits per heavy atom. The first-order chi connectivity index (χ1) is 11.3. The maximum absolute atomic E-state index is 6.55. The van der Waals surface area contributed by atoms with Crippen LogP contribution in [0.25, 0.3) is 10.9 Å². The van der Waals surface area contributed by atoms with Crippen molar-refractivity contribution in [2.24, 2.45) is 0 Å². The number of anilines is 1. The molecule has 3 heterocycles. The number of hydrogen-bond acceptors (Lipinski definition) is 4. The molecular formula is C17H23ClN4O. The van der Waals surface area contributed by atoms with E-state index < -0.39 is 0 Å². The lowest BCUT2D eigenvalue weighted by molar-refractivity contribution is -0.0366. The summed E-state index contributed by atoms with van der Waals surface area (Å²) >= 11 is 6.55. The van der Waals surface area contributed by atoms with Gasteiger partial charge in [0.15, 0.2) is 6.23 Å². The molecule has 1 aromatic carbocycles. The molecule has 2 saturated heterocycles. The molecule has 2 aliphatic heterocycles. The molecule has 0 radical (unpaired) electrons. The molecule has 0 bridgehead atoms. The molecule has 4 rings (SSSR count). The summed E-state index contributed by atoms with van der Waals surface area (Å²) < 4.78 is 7.94. The minimum atomic E-state index is 0.0566. The van der Waals surface area contributed by atoms with Crippen LogP contribution in [0, 0.1) is 0 Å². The number of ether oxygens (including phenoxy) is 1. The van der Waals surface area contributed by atoms with Gasteiger partial charge in [-0.2, -0.15) is 5.10 Å². The van der Waals surface area contributed by atoms with Crippen LogP contribution in [0.2, 0.25) is 5.02 Å². The van der Waals surface area contributed by atoms with E-state index in [0.29, 0.717) is 0 Å². The maximum Gasteiger partial charge on any atom is 0.150 e. The average Bonchev–Trinajstić information content (AvgIpc) is 2.80. The van der Waals surface area contributed by atoms with Crippen molar-refractivity contribution in [3.8, 4) is 0 Å². The fourth-order valence-corrected chi connectivity index (χ4v) is 3.82. The summed E-state index contributed by atoms with van der Waals surface area (Å²) in [6.07, 6.45) is 6.47. The lowest BCUT2D eigenvalue weighted by Crippen LogP contribution is -2.28. The van der Waals surface area contributed by atoms with Crippen molar-refractivity contribution in [2.45, 2.75) is 31.9 Å². The first-order valence-electron chi connectivity index (χ1n) is 8.57. The van der Waals surface area contributed by atoms with Crippen molar-refractivity contribution >= 4 is 28.2 Å². The normalized spacial score (nSPS) is 23.2. The Hall–Kier alpha value is -1.30. The number of hydrogen-bond donors (Lipinski definition) is 1. The average molecular weight is 335 g/mol. The van der Waals surface area contributed by atoms with Crippen LogP contribution in [0.4, 0.5) is 5.69 Å². The Balaban J connectivity index is 1.71. The van der Waals surface area contributed by atoms with Gasteiger partial charge in [0.25, 0.3) is 0 Å². The molecule has 2 aliphatic rings. The van der Waals surface area contributed by atoms with Crippen molar-refractivity contribution in [1.82, 2.24) is 15.1 Å². The highest BCUT2D eigenvalue weighted by Crippen LogP contribution is 2.34. The molecule has 0 aliphatic carbocycles. The predicted molar refractivity (Wildman–Crippen MR) is 93.3 cm³/mol. The zero-order chi connectivity index (χ0) is 15.6. The Labute approximate surface area is 141 Å². The van der Waals surface area contributed by atoms with Crippen LogP contribution in [-0.2, 0) is 4.74 Å². The van der Waals surface area contributed by atoms with Gasteiger partial charge in [-0.15, -0.1) is 0 Å². The molecule has 1 unspecified atom stereocenters. The van der Waals surface area contributed by atoms with E-state index in [4.69, 9.17) is 16.3 Å². The van der Waals surface area contributed by atoms with Crippen molar-refractivity contribution in [2.75, 3.05) is 37.7 Å². The number of halogens is 1. The zero-order valence-electron chi connectivity index (χ0n) is 13.3. The van der Waals surface area contributed by atoms with Gasteiger partial charge in [-0.25, -0.2) is 4.68 Å². The second-order valence-corrected chi connectivity index (χ2v) is 6.77. The number of nitrogens with one attached hydrogen (secondary N) is 1. The molecule has 1 aromatic heterocycles. The minimum absolute atomic E-state index is 0.0566. The smallest absolute Gasteiger partial charge is 0.150 e. The highest BCUT2D eigenvalue weighted by Gasteiger charge is 2.21. The second kappa shape index (κ2) is 6.67. The highest BCUT2D eigenvalue weighted by molar-refractivity contribution is 6.34. The van der Waals surface area contributed by atoms with Crippen LogP contribution in [-0.4, -0.2) is 42.6 Å². The van der Waals surface area contributed by atoms with Gasteiger partial charge in [0.2, 0.25) is 0 Å². The largest absolute Gasteiger partial charge is 0.369 e. The van der Waals surface area contributed by atoms with E-state index in [9.17, 15) is 0 Å². The number of aromatic nitrogens is 2. The third kappa shape index (κ3) is 3.05. The SMILES string of the molecule is Clc1cc2cnn(C3CCCCO3)c2cc1N1CCCNCC1. The lowest BCUT2D eigenvalue weighted by Gasteiger charge is -2.25. The predicted octanol–water partition coefficient (Wildman–Crippen LogP) is 3.19. The van der Waals surface area contributed by atoms with E-state index in [1.54, 1.807) is 0 Å². The van der Waals surface area contributed by atoms with Crippen molar-refractivity contribution in [3.05, 3.63) is 23.4 Å². The summed E-state index contributed by atoms with van der Waals surface area (Å²) in [4.78, 5) is 2.38. The van der Waals surface area contributed by atoms with Crippen LogP contribution in [0.3, 0.4) is 0 Å². The molecule has 6 heteroatoms. The van der Waals surface area contributed by atoms with Crippen molar-refractivity contribution in [3.63, 3.8) is 0 Å². The fraction of sp³-hybridized carbons (Fsp3) is 0.588. The number of benzene rings is 1. The monoisotopic (exact) mass is 334 g/mol. The van der Waals surface area contributed by atoms with Crippen molar-refractivity contribution in [1.29, 1.82) is 0 Å². The van der Waals surface area contributed by atoms with Crippen molar-refractivity contribution < 1.29 is 4.74 Å².